The van der Waals surface area contributed by atoms with Crippen LogP contribution in [0.3, 0.4) is 0 Å². The van der Waals surface area contributed by atoms with Crippen LogP contribution in [0.2, 0.25) is 0 Å². The summed E-state index contributed by atoms with van der Waals surface area (Å²) in [5.41, 5.74) is 2.48. The Kier molecular flexibility index (Phi) is 4.75. The zero-order chi connectivity index (χ0) is 17.2. The molecule has 2 fully saturated rings. The van der Waals surface area contributed by atoms with E-state index in [1.54, 1.807) is 0 Å². The van der Waals surface area contributed by atoms with E-state index in [0.29, 0.717) is 11.8 Å². The van der Waals surface area contributed by atoms with Gasteiger partial charge in [0.25, 0.3) is 0 Å². The van der Waals surface area contributed by atoms with Gasteiger partial charge in [-0.05, 0) is 43.9 Å². The standard InChI is InChI=1S/C20H28N4O/c1-2-23-15-17(18-7-4-9-21-19(18)23)8-10-22-11-13-24(14-12-22)20(25)16-5-3-6-16/h4,7,9,15-16H,2-3,5-6,8,10-14H2,1H3. The predicted molar refractivity (Wildman–Crippen MR) is 99.5 cm³/mol. The Labute approximate surface area is 149 Å². The highest BCUT2D eigenvalue weighted by Crippen LogP contribution is 2.28. The molecule has 4 rings (SSSR count). The summed E-state index contributed by atoms with van der Waals surface area (Å²) in [7, 11) is 0. The molecule has 5 heteroatoms. The summed E-state index contributed by atoms with van der Waals surface area (Å²) >= 11 is 0. The molecule has 1 saturated heterocycles. The van der Waals surface area contributed by atoms with Gasteiger partial charge in [-0.15, -0.1) is 0 Å². The fourth-order valence-electron chi connectivity index (χ4n) is 4.02. The number of amides is 1. The molecule has 0 aromatic carbocycles. The maximum Gasteiger partial charge on any atom is 0.225 e. The number of pyridine rings is 1. The van der Waals surface area contributed by atoms with Gasteiger partial charge in [0.05, 0.1) is 0 Å². The fourth-order valence-corrected chi connectivity index (χ4v) is 4.02. The summed E-state index contributed by atoms with van der Waals surface area (Å²) in [5.74, 6) is 0.738. The average molecular weight is 340 g/mol. The largest absolute Gasteiger partial charge is 0.340 e. The molecule has 0 radical (unpaired) electrons. The van der Waals surface area contributed by atoms with Crippen molar-refractivity contribution in [2.45, 2.75) is 39.2 Å². The first-order valence-corrected chi connectivity index (χ1v) is 9.70. The van der Waals surface area contributed by atoms with Crippen molar-refractivity contribution in [1.29, 1.82) is 0 Å². The van der Waals surface area contributed by atoms with Crippen molar-refractivity contribution < 1.29 is 4.79 Å². The Morgan fingerprint density at radius 3 is 2.72 bits per heavy atom. The molecule has 1 saturated carbocycles. The van der Waals surface area contributed by atoms with Crippen molar-refractivity contribution in [1.82, 2.24) is 19.4 Å². The van der Waals surface area contributed by atoms with E-state index in [-0.39, 0.29) is 0 Å². The lowest BCUT2D eigenvalue weighted by molar-refractivity contribution is -0.139. The first-order chi connectivity index (χ1) is 12.3. The second-order valence-corrected chi connectivity index (χ2v) is 7.36. The molecule has 2 aliphatic rings. The van der Waals surface area contributed by atoms with Gasteiger partial charge in [-0.25, -0.2) is 4.98 Å². The highest BCUT2D eigenvalue weighted by molar-refractivity contribution is 5.80. The van der Waals surface area contributed by atoms with Gasteiger partial charge in [0, 0.05) is 63.0 Å². The van der Waals surface area contributed by atoms with Crippen molar-refractivity contribution in [2.75, 3.05) is 32.7 Å². The Balaban J connectivity index is 1.33. The number of hydrogen-bond acceptors (Lipinski definition) is 3. The lowest BCUT2D eigenvalue weighted by atomic mass is 9.84. The zero-order valence-corrected chi connectivity index (χ0v) is 15.2. The number of hydrogen-bond donors (Lipinski definition) is 0. The summed E-state index contributed by atoms with van der Waals surface area (Å²) in [6.45, 7) is 7.97. The summed E-state index contributed by atoms with van der Waals surface area (Å²) in [6, 6.07) is 4.20. The minimum atomic E-state index is 0.333. The van der Waals surface area contributed by atoms with Crippen LogP contribution in [0.5, 0.6) is 0 Å². The Morgan fingerprint density at radius 1 is 1.24 bits per heavy atom. The van der Waals surface area contributed by atoms with Crippen LogP contribution < -0.4 is 0 Å². The second-order valence-electron chi connectivity index (χ2n) is 7.36. The Bertz CT molecular complexity index is 741. The molecule has 0 unspecified atom stereocenters. The Hall–Kier alpha value is -1.88. The number of carbonyl (C=O) groups excluding carboxylic acids is 1. The third kappa shape index (κ3) is 3.30. The van der Waals surface area contributed by atoms with Crippen LogP contribution in [0.15, 0.2) is 24.5 Å². The highest BCUT2D eigenvalue weighted by Gasteiger charge is 2.31. The van der Waals surface area contributed by atoms with Crippen molar-refractivity contribution in [2.24, 2.45) is 5.92 Å². The lowest BCUT2D eigenvalue weighted by Crippen LogP contribution is -2.51. The lowest BCUT2D eigenvalue weighted by Gasteiger charge is -2.38. The number of aryl methyl sites for hydroxylation is 1. The summed E-state index contributed by atoms with van der Waals surface area (Å²) < 4.78 is 2.24. The number of fused-ring (bicyclic) bond motifs is 1. The van der Waals surface area contributed by atoms with Gasteiger partial charge in [0.15, 0.2) is 0 Å². The second kappa shape index (κ2) is 7.16. The van der Waals surface area contributed by atoms with Gasteiger partial charge < -0.3 is 9.47 Å². The fraction of sp³-hybridized carbons (Fsp3) is 0.600. The minimum Gasteiger partial charge on any atom is -0.340 e. The molecule has 134 valence electrons. The first kappa shape index (κ1) is 16.6. The Morgan fingerprint density at radius 2 is 2.04 bits per heavy atom. The number of carbonyl (C=O) groups is 1. The smallest absolute Gasteiger partial charge is 0.225 e. The number of rotatable bonds is 5. The van der Waals surface area contributed by atoms with Crippen LogP contribution >= 0.6 is 0 Å². The molecule has 1 aliphatic heterocycles. The summed E-state index contributed by atoms with van der Waals surface area (Å²) in [6.07, 6.45) is 8.62. The molecule has 0 atom stereocenters. The highest BCUT2D eigenvalue weighted by atomic mass is 16.2. The summed E-state index contributed by atoms with van der Waals surface area (Å²) in [5, 5.41) is 1.28. The van der Waals surface area contributed by atoms with Gasteiger partial charge in [-0.3, -0.25) is 9.69 Å². The molecular weight excluding hydrogens is 312 g/mol. The van der Waals surface area contributed by atoms with Gasteiger partial charge in [0.2, 0.25) is 5.91 Å². The predicted octanol–water partition coefficient (Wildman–Crippen LogP) is 2.54. The van der Waals surface area contributed by atoms with E-state index >= 15 is 0 Å². The molecule has 3 heterocycles. The minimum absolute atomic E-state index is 0.333. The van der Waals surface area contributed by atoms with Crippen LogP contribution in [-0.2, 0) is 17.8 Å². The first-order valence-electron chi connectivity index (χ1n) is 9.70. The molecule has 1 aliphatic carbocycles. The van der Waals surface area contributed by atoms with Crippen LogP contribution in [0, 0.1) is 5.92 Å². The maximum atomic E-state index is 12.3. The van der Waals surface area contributed by atoms with Crippen LogP contribution in [0.4, 0.5) is 0 Å². The molecule has 0 bridgehead atoms. The van der Waals surface area contributed by atoms with Gasteiger partial charge in [0.1, 0.15) is 5.65 Å². The molecule has 2 aromatic heterocycles. The van der Waals surface area contributed by atoms with E-state index in [1.807, 2.05) is 12.3 Å². The van der Waals surface area contributed by atoms with Crippen LogP contribution in [0.1, 0.15) is 31.7 Å². The van der Waals surface area contributed by atoms with Crippen LogP contribution in [0.25, 0.3) is 11.0 Å². The van der Waals surface area contributed by atoms with Crippen molar-refractivity contribution in [3.8, 4) is 0 Å². The third-order valence-electron chi connectivity index (χ3n) is 5.89. The molecule has 2 aromatic rings. The van der Waals surface area contributed by atoms with E-state index in [0.717, 1.165) is 64.2 Å². The molecule has 1 amide bonds. The van der Waals surface area contributed by atoms with Crippen LogP contribution in [-0.4, -0.2) is 58.0 Å². The topological polar surface area (TPSA) is 41.4 Å². The van der Waals surface area contributed by atoms with Gasteiger partial charge in [-0.1, -0.05) is 6.42 Å². The molecule has 0 spiro atoms. The van der Waals surface area contributed by atoms with E-state index in [4.69, 9.17) is 0 Å². The number of piperazine rings is 1. The van der Waals surface area contributed by atoms with E-state index in [9.17, 15) is 4.79 Å². The van der Waals surface area contributed by atoms with E-state index in [1.165, 1.54) is 17.4 Å². The maximum absolute atomic E-state index is 12.3. The van der Waals surface area contributed by atoms with Gasteiger partial charge in [-0.2, -0.15) is 0 Å². The quantitative estimate of drug-likeness (QED) is 0.840. The molecule has 25 heavy (non-hydrogen) atoms. The normalized spacial score (nSPS) is 19.3. The van der Waals surface area contributed by atoms with Crippen molar-refractivity contribution in [3.05, 3.63) is 30.1 Å². The van der Waals surface area contributed by atoms with Crippen molar-refractivity contribution in [3.63, 3.8) is 0 Å². The third-order valence-corrected chi connectivity index (χ3v) is 5.89. The number of aromatic nitrogens is 2. The van der Waals surface area contributed by atoms with E-state index < -0.39 is 0 Å². The molecule has 5 nitrogen and oxygen atoms in total. The molecule has 0 N–H and O–H groups in total. The SMILES string of the molecule is CCn1cc(CCN2CCN(C(=O)C3CCC3)CC2)c2cccnc21. The molecular formula is C20H28N4O. The summed E-state index contributed by atoms with van der Waals surface area (Å²) in [4.78, 5) is 21.5. The zero-order valence-electron chi connectivity index (χ0n) is 15.2. The monoisotopic (exact) mass is 340 g/mol. The van der Waals surface area contributed by atoms with E-state index in [2.05, 4.69) is 38.5 Å². The average Bonchev–Trinajstić information content (AvgIpc) is 2.97. The number of nitrogens with zero attached hydrogens (tertiary/aromatic N) is 4. The van der Waals surface area contributed by atoms with Gasteiger partial charge >= 0.3 is 0 Å². The van der Waals surface area contributed by atoms with Crippen molar-refractivity contribution >= 4 is 16.9 Å².